The van der Waals surface area contributed by atoms with E-state index in [-0.39, 0.29) is 12.5 Å². The summed E-state index contributed by atoms with van der Waals surface area (Å²) in [7, 11) is 0. The Morgan fingerprint density at radius 2 is 1.89 bits per heavy atom. The second kappa shape index (κ2) is 7.47. The third-order valence-electron chi connectivity index (χ3n) is 3.95. The first-order valence-electron chi connectivity index (χ1n) is 8.28. The normalized spacial score (nSPS) is 10.7. The second-order valence-electron chi connectivity index (χ2n) is 5.81. The van der Waals surface area contributed by atoms with E-state index in [1.807, 2.05) is 41.8 Å². The Kier molecular flexibility index (Phi) is 4.72. The lowest BCUT2D eigenvalue weighted by Crippen LogP contribution is -2.20. The van der Waals surface area contributed by atoms with Gasteiger partial charge in [-0.3, -0.25) is 4.79 Å². The van der Waals surface area contributed by atoms with E-state index in [1.54, 1.807) is 35.6 Å². The molecule has 0 spiro atoms. The Bertz CT molecular complexity index is 1150. The Balaban J connectivity index is 1.46. The van der Waals surface area contributed by atoms with Crippen molar-refractivity contribution in [2.24, 2.45) is 0 Å². The van der Waals surface area contributed by atoms with Gasteiger partial charge < -0.3 is 14.5 Å². The zero-order valence-electron chi connectivity index (χ0n) is 14.2. The van der Waals surface area contributed by atoms with E-state index in [2.05, 4.69) is 5.32 Å². The van der Waals surface area contributed by atoms with E-state index in [9.17, 15) is 9.59 Å². The van der Waals surface area contributed by atoms with Crippen LogP contribution >= 0.6 is 11.3 Å². The number of hydrogen-bond acceptors (Lipinski definition) is 5. The molecule has 0 radical (unpaired) electrons. The molecule has 6 heteroatoms. The van der Waals surface area contributed by atoms with Crippen molar-refractivity contribution in [1.82, 2.24) is 0 Å². The van der Waals surface area contributed by atoms with E-state index in [0.29, 0.717) is 11.3 Å². The number of carbonyl (C=O) groups excluding carboxylic acids is 1. The fourth-order valence-corrected chi connectivity index (χ4v) is 3.47. The molecule has 2 aromatic heterocycles. The number of rotatable bonds is 5. The quantitative estimate of drug-likeness (QED) is 0.519. The molecule has 0 saturated carbocycles. The highest BCUT2D eigenvalue weighted by atomic mass is 32.1. The molecule has 27 heavy (non-hydrogen) atoms. The summed E-state index contributed by atoms with van der Waals surface area (Å²) in [6, 6.07) is 19.8. The molecular formula is C21H15NO4S. The number of hydrogen-bond donors (Lipinski definition) is 1. The number of thiophene rings is 1. The van der Waals surface area contributed by atoms with E-state index in [1.165, 1.54) is 6.07 Å². The number of carbonyl (C=O) groups is 1. The first-order valence-corrected chi connectivity index (χ1v) is 9.16. The molecule has 0 aliphatic rings. The van der Waals surface area contributed by atoms with Crippen molar-refractivity contribution >= 4 is 33.9 Å². The summed E-state index contributed by atoms with van der Waals surface area (Å²) in [5.41, 5.74) is 1.69. The highest BCUT2D eigenvalue weighted by Gasteiger charge is 2.10. The van der Waals surface area contributed by atoms with Crippen LogP contribution in [0.5, 0.6) is 5.75 Å². The van der Waals surface area contributed by atoms with Gasteiger partial charge in [0.2, 0.25) is 0 Å². The minimum absolute atomic E-state index is 0.151. The monoisotopic (exact) mass is 377 g/mol. The maximum Gasteiger partial charge on any atom is 0.336 e. The summed E-state index contributed by atoms with van der Waals surface area (Å²) in [6.45, 7) is -0.151. The van der Waals surface area contributed by atoms with Crippen LogP contribution in [0.4, 0.5) is 5.69 Å². The first-order chi connectivity index (χ1) is 13.2. The number of fused-ring (bicyclic) bond motifs is 1. The summed E-state index contributed by atoms with van der Waals surface area (Å²) < 4.78 is 10.7. The van der Waals surface area contributed by atoms with E-state index >= 15 is 0 Å². The van der Waals surface area contributed by atoms with E-state index in [4.69, 9.17) is 9.15 Å². The lowest BCUT2D eigenvalue weighted by atomic mass is 10.1. The molecule has 2 heterocycles. The summed E-state index contributed by atoms with van der Waals surface area (Å²) in [6.07, 6.45) is 0. The van der Waals surface area contributed by atoms with Crippen LogP contribution in [-0.2, 0) is 4.79 Å². The lowest BCUT2D eigenvalue weighted by Gasteiger charge is -2.11. The van der Waals surface area contributed by atoms with Gasteiger partial charge in [0.25, 0.3) is 5.91 Å². The Morgan fingerprint density at radius 1 is 1.04 bits per heavy atom. The second-order valence-corrected chi connectivity index (χ2v) is 6.76. The van der Waals surface area contributed by atoms with Crippen molar-refractivity contribution in [1.29, 1.82) is 0 Å². The molecule has 0 bridgehead atoms. The van der Waals surface area contributed by atoms with Crippen molar-refractivity contribution < 1.29 is 13.9 Å². The van der Waals surface area contributed by atoms with Crippen LogP contribution in [0.3, 0.4) is 0 Å². The molecule has 1 N–H and O–H groups in total. The molecule has 4 aromatic rings. The maximum absolute atomic E-state index is 12.3. The molecule has 2 aromatic carbocycles. The van der Waals surface area contributed by atoms with Gasteiger partial charge in [0.15, 0.2) is 6.61 Å². The van der Waals surface area contributed by atoms with Gasteiger partial charge in [-0.05, 0) is 35.7 Å². The topological polar surface area (TPSA) is 68.5 Å². The molecule has 0 aliphatic carbocycles. The molecule has 0 aliphatic heterocycles. The fourth-order valence-electron chi connectivity index (χ4n) is 2.70. The van der Waals surface area contributed by atoms with Crippen LogP contribution < -0.4 is 15.7 Å². The van der Waals surface area contributed by atoms with Gasteiger partial charge in [-0.25, -0.2) is 4.79 Å². The van der Waals surface area contributed by atoms with Crippen molar-refractivity contribution in [3.8, 4) is 16.2 Å². The predicted molar refractivity (Wildman–Crippen MR) is 106 cm³/mol. The van der Waals surface area contributed by atoms with Gasteiger partial charge >= 0.3 is 5.63 Å². The summed E-state index contributed by atoms with van der Waals surface area (Å²) >= 11 is 1.61. The molecule has 134 valence electrons. The van der Waals surface area contributed by atoms with Crippen molar-refractivity contribution in [2.75, 3.05) is 11.9 Å². The van der Waals surface area contributed by atoms with E-state index < -0.39 is 5.63 Å². The molecule has 0 saturated heterocycles. The highest BCUT2D eigenvalue weighted by molar-refractivity contribution is 7.13. The maximum atomic E-state index is 12.3. The summed E-state index contributed by atoms with van der Waals surface area (Å²) in [5.74, 6) is 0.187. The van der Waals surface area contributed by atoms with Gasteiger partial charge in [-0.15, -0.1) is 11.3 Å². The van der Waals surface area contributed by atoms with Gasteiger partial charge in [0.1, 0.15) is 11.3 Å². The Morgan fingerprint density at radius 3 is 2.74 bits per heavy atom. The first kappa shape index (κ1) is 17.1. The van der Waals surface area contributed by atoms with Crippen molar-refractivity contribution in [3.63, 3.8) is 0 Å². The SMILES string of the molecule is O=C(COc1ccc2ccc(=O)oc2c1)Nc1ccccc1-c1cccs1. The molecule has 4 rings (SSSR count). The molecule has 0 atom stereocenters. The minimum atomic E-state index is -0.428. The third kappa shape index (κ3) is 3.91. The van der Waals surface area contributed by atoms with Crippen LogP contribution in [0.1, 0.15) is 0 Å². The molecule has 0 unspecified atom stereocenters. The Hall–Kier alpha value is -3.38. The van der Waals surface area contributed by atoms with Gasteiger partial charge in [-0.2, -0.15) is 0 Å². The number of para-hydroxylation sites is 1. The van der Waals surface area contributed by atoms with Gasteiger partial charge in [0, 0.05) is 33.6 Å². The number of nitrogens with one attached hydrogen (secondary N) is 1. The zero-order valence-corrected chi connectivity index (χ0v) is 15.0. The van der Waals surface area contributed by atoms with Crippen LogP contribution in [0, 0.1) is 0 Å². The highest BCUT2D eigenvalue weighted by Crippen LogP contribution is 2.31. The predicted octanol–water partition coefficient (Wildman–Crippen LogP) is 4.54. The van der Waals surface area contributed by atoms with Gasteiger partial charge in [0.05, 0.1) is 0 Å². The van der Waals surface area contributed by atoms with Crippen molar-refractivity contribution in [2.45, 2.75) is 0 Å². The van der Waals surface area contributed by atoms with Crippen LogP contribution in [0.15, 0.2) is 81.3 Å². The largest absolute Gasteiger partial charge is 0.484 e. The number of amides is 1. The number of ether oxygens (including phenoxy) is 1. The third-order valence-corrected chi connectivity index (χ3v) is 4.86. The fraction of sp³-hybridized carbons (Fsp3) is 0.0476. The average molecular weight is 377 g/mol. The van der Waals surface area contributed by atoms with Crippen LogP contribution in [-0.4, -0.2) is 12.5 Å². The number of anilines is 1. The number of benzene rings is 2. The van der Waals surface area contributed by atoms with Gasteiger partial charge in [-0.1, -0.05) is 24.3 Å². The van der Waals surface area contributed by atoms with Crippen LogP contribution in [0.2, 0.25) is 0 Å². The zero-order chi connectivity index (χ0) is 18.6. The van der Waals surface area contributed by atoms with Crippen molar-refractivity contribution in [3.05, 3.63) is 82.5 Å². The van der Waals surface area contributed by atoms with E-state index in [0.717, 1.165) is 21.5 Å². The standard InChI is InChI=1S/C21H15NO4S/c23-20(22-17-5-2-1-4-16(17)19-6-3-11-27-19)13-25-15-9-7-14-8-10-21(24)26-18(14)12-15/h1-12H,13H2,(H,22,23). The molecule has 5 nitrogen and oxygen atoms in total. The summed E-state index contributed by atoms with van der Waals surface area (Å²) in [5, 5.41) is 5.67. The average Bonchev–Trinajstić information content (AvgIpc) is 3.21. The minimum Gasteiger partial charge on any atom is -0.484 e. The molecule has 0 fully saturated rings. The molecular weight excluding hydrogens is 362 g/mol. The smallest absolute Gasteiger partial charge is 0.336 e. The lowest BCUT2D eigenvalue weighted by molar-refractivity contribution is -0.118. The van der Waals surface area contributed by atoms with Crippen LogP contribution in [0.25, 0.3) is 21.4 Å². The molecule has 1 amide bonds. The Labute approximate surface area is 158 Å². The summed E-state index contributed by atoms with van der Waals surface area (Å²) in [4.78, 5) is 24.7.